The first-order valence-electron chi connectivity index (χ1n) is 6.80. The highest BCUT2D eigenvalue weighted by Gasteiger charge is 2.20. The standard InChI is InChI=1S/C15H19Br2NO2/c1-4-6-9-12(8-18-5-2)20-15-10(16)7-11(19-3)14(17)13(9)15/h7,18H,4-6,8H2,1-3H3. The third-order valence-electron chi connectivity index (χ3n) is 3.26. The normalized spacial score (nSPS) is 11.2. The Labute approximate surface area is 136 Å². The highest BCUT2D eigenvalue weighted by molar-refractivity contribution is 9.11. The summed E-state index contributed by atoms with van der Waals surface area (Å²) in [5.74, 6) is 1.83. The average Bonchev–Trinajstić information content (AvgIpc) is 2.80. The van der Waals surface area contributed by atoms with Gasteiger partial charge in [-0.1, -0.05) is 20.3 Å². The Balaban J connectivity index is 2.67. The molecule has 5 heteroatoms. The third kappa shape index (κ3) is 2.90. The zero-order chi connectivity index (χ0) is 14.7. The van der Waals surface area contributed by atoms with Crippen molar-refractivity contribution in [2.45, 2.75) is 33.2 Å². The van der Waals surface area contributed by atoms with Crippen molar-refractivity contribution in [2.24, 2.45) is 0 Å². The van der Waals surface area contributed by atoms with Crippen molar-refractivity contribution in [3.8, 4) is 5.75 Å². The van der Waals surface area contributed by atoms with Crippen LogP contribution in [-0.4, -0.2) is 13.7 Å². The fraction of sp³-hybridized carbons (Fsp3) is 0.467. The molecule has 0 fully saturated rings. The van der Waals surface area contributed by atoms with Crippen molar-refractivity contribution in [1.82, 2.24) is 5.32 Å². The number of fused-ring (bicyclic) bond motifs is 1. The van der Waals surface area contributed by atoms with Gasteiger partial charge in [0.15, 0.2) is 0 Å². The van der Waals surface area contributed by atoms with Gasteiger partial charge in [-0.3, -0.25) is 0 Å². The second-order valence-corrected chi connectivity index (χ2v) is 6.26. The maximum atomic E-state index is 6.07. The number of nitrogens with one attached hydrogen (secondary N) is 1. The number of halogens is 2. The van der Waals surface area contributed by atoms with E-state index in [9.17, 15) is 0 Å². The Morgan fingerprint density at radius 3 is 2.65 bits per heavy atom. The molecule has 0 saturated heterocycles. The summed E-state index contributed by atoms with van der Waals surface area (Å²) >= 11 is 7.23. The summed E-state index contributed by atoms with van der Waals surface area (Å²) in [5.41, 5.74) is 2.14. The SMILES string of the molecule is CCCc1c(CNCC)oc2c(Br)cc(OC)c(Br)c12. The lowest BCUT2D eigenvalue weighted by atomic mass is 10.1. The maximum absolute atomic E-state index is 6.07. The molecular weight excluding hydrogens is 386 g/mol. The van der Waals surface area contributed by atoms with Crippen molar-refractivity contribution in [2.75, 3.05) is 13.7 Å². The van der Waals surface area contributed by atoms with E-state index in [1.54, 1.807) is 7.11 Å². The van der Waals surface area contributed by atoms with E-state index in [2.05, 4.69) is 51.0 Å². The molecule has 0 aliphatic heterocycles. The fourth-order valence-corrected chi connectivity index (χ4v) is 3.51. The molecule has 2 aromatic rings. The van der Waals surface area contributed by atoms with Gasteiger partial charge in [-0.2, -0.15) is 0 Å². The predicted molar refractivity (Wildman–Crippen MR) is 89.5 cm³/mol. The summed E-state index contributed by atoms with van der Waals surface area (Å²) in [5, 5.41) is 4.45. The van der Waals surface area contributed by atoms with Crippen LogP contribution in [0.1, 0.15) is 31.6 Å². The molecule has 0 radical (unpaired) electrons. The summed E-state index contributed by atoms with van der Waals surface area (Å²) < 4.78 is 13.4. The van der Waals surface area contributed by atoms with E-state index in [0.717, 1.165) is 57.4 Å². The number of aryl methyl sites for hydroxylation is 1. The minimum absolute atomic E-state index is 0.752. The fourth-order valence-electron chi connectivity index (χ4n) is 2.32. The van der Waals surface area contributed by atoms with Crippen LogP contribution >= 0.6 is 31.9 Å². The van der Waals surface area contributed by atoms with Crippen molar-refractivity contribution < 1.29 is 9.15 Å². The highest BCUT2D eigenvalue weighted by Crippen LogP contribution is 2.42. The van der Waals surface area contributed by atoms with Gasteiger partial charge in [0.25, 0.3) is 0 Å². The second-order valence-electron chi connectivity index (χ2n) is 4.61. The number of furan rings is 1. The Morgan fingerprint density at radius 2 is 2.05 bits per heavy atom. The maximum Gasteiger partial charge on any atom is 0.150 e. The molecule has 0 bridgehead atoms. The summed E-state index contributed by atoms with van der Waals surface area (Å²) in [6, 6.07) is 1.93. The van der Waals surface area contributed by atoms with E-state index < -0.39 is 0 Å². The molecule has 3 nitrogen and oxygen atoms in total. The second kappa shape index (κ2) is 6.96. The molecule has 1 aromatic heterocycles. The van der Waals surface area contributed by atoms with Gasteiger partial charge in [-0.05, 0) is 50.9 Å². The van der Waals surface area contributed by atoms with Crippen LogP contribution in [0, 0.1) is 0 Å². The summed E-state index contributed by atoms with van der Waals surface area (Å²) in [6.07, 6.45) is 2.07. The Bertz CT molecular complexity index is 608. The molecule has 20 heavy (non-hydrogen) atoms. The van der Waals surface area contributed by atoms with E-state index in [0.29, 0.717) is 0 Å². The van der Waals surface area contributed by atoms with Crippen molar-refractivity contribution in [3.63, 3.8) is 0 Å². The summed E-state index contributed by atoms with van der Waals surface area (Å²) in [7, 11) is 1.68. The zero-order valence-electron chi connectivity index (χ0n) is 12.0. The summed E-state index contributed by atoms with van der Waals surface area (Å²) in [6.45, 7) is 5.95. The van der Waals surface area contributed by atoms with Crippen LogP contribution in [-0.2, 0) is 13.0 Å². The Kier molecular flexibility index (Phi) is 5.52. The van der Waals surface area contributed by atoms with Crippen molar-refractivity contribution in [1.29, 1.82) is 0 Å². The molecular formula is C15H19Br2NO2. The lowest BCUT2D eigenvalue weighted by Crippen LogP contribution is -2.12. The van der Waals surface area contributed by atoms with Crippen LogP contribution in [0.2, 0.25) is 0 Å². The molecule has 1 N–H and O–H groups in total. The van der Waals surface area contributed by atoms with E-state index in [-0.39, 0.29) is 0 Å². The largest absolute Gasteiger partial charge is 0.496 e. The minimum Gasteiger partial charge on any atom is -0.496 e. The van der Waals surface area contributed by atoms with E-state index >= 15 is 0 Å². The van der Waals surface area contributed by atoms with Crippen molar-refractivity contribution >= 4 is 42.8 Å². The molecule has 0 atom stereocenters. The predicted octanol–water partition coefficient (Wildman–Crippen LogP) is 5.03. The molecule has 1 heterocycles. The molecule has 2 rings (SSSR count). The molecule has 0 unspecified atom stereocenters. The summed E-state index contributed by atoms with van der Waals surface area (Å²) in [4.78, 5) is 0. The van der Waals surface area contributed by atoms with Gasteiger partial charge in [-0.25, -0.2) is 0 Å². The number of benzene rings is 1. The van der Waals surface area contributed by atoms with Crippen LogP contribution in [0.25, 0.3) is 11.0 Å². The average molecular weight is 405 g/mol. The lowest BCUT2D eigenvalue weighted by Gasteiger charge is -2.07. The van der Waals surface area contributed by atoms with Gasteiger partial charge in [-0.15, -0.1) is 0 Å². The molecule has 0 aliphatic carbocycles. The molecule has 110 valence electrons. The van der Waals surface area contributed by atoms with Gasteiger partial charge < -0.3 is 14.5 Å². The number of rotatable bonds is 6. The Hall–Kier alpha value is -0.520. The first-order chi connectivity index (χ1) is 9.63. The number of hydrogen-bond acceptors (Lipinski definition) is 3. The van der Waals surface area contributed by atoms with Gasteiger partial charge in [0, 0.05) is 10.9 Å². The van der Waals surface area contributed by atoms with E-state index in [1.807, 2.05) is 6.07 Å². The molecule has 0 spiro atoms. The first-order valence-corrected chi connectivity index (χ1v) is 8.39. The van der Waals surface area contributed by atoms with Crippen LogP contribution in [0.3, 0.4) is 0 Å². The van der Waals surface area contributed by atoms with Crippen molar-refractivity contribution in [3.05, 3.63) is 26.3 Å². The molecule has 0 amide bonds. The van der Waals surface area contributed by atoms with Crippen LogP contribution < -0.4 is 10.1 Å². The third-order valence-corrected chi connectivity index (χ3v) is 4.63. The number of ether oxygens (including phenoxy) is 1. The topological polar surface area (TPSA) is 34.4 Å². The smallest absolute Gasteiger partial charge is 0.150 e. The quantitative estimate of drug-likeness (QED) is 0.733. The van der Waals surface area contributed by atoms with Gasteiger partial charge in [0.2, 0.25) is 0 Å². The zero-order valence-corrected chi connectivity index (χ0v) is 15.2. The highest BCUT2D eigenvalue weighted by atomic mass is 79.9. The van der Waals surface area contributed by atoms with E-state index in [1.165, 1.54) is 5.56 Å². The molecule has 0 saturated carbocycles. The minimum atomic E-state index is 0.752. The van der Waals surface area contributed by atoms with Crippen LogP contribution in [0.4, 0.5) is 0 Å². The van der Waals surface area contributed by atoms with Crippen LogP contribution in [0.5, 0.6) is 5.75 Å². The Morgan fingerprint density at radius 1 is 1.30 bits per heavy atom. The number of hydrogen-bond donors (Lipinski definition) is 1. The molecule has 0 aliphatic rings. The molecule has 1 aromatic carbocycles. The first kappa shape index (κ1) is 15.9. The monoisotopic (exact) mass is 403 g/mol. The number of methoxy groups -OCH3 is 1. The lowest BCUT2D eigenvalue weighted by molar-refractivity contribution is 0.412. The van der Waals surface area contributed by atoms with Gasteiger partial charge in [0.1, 0.15) is 17.1 Å². The van der Waals surface area contributed by atoms with Crippen LogP contribution in [0.15, 0.2) is 19.4 Å². The van der Waals surface area contributed by atoms with E-state index in [4.69, 9.17) is 9.15 Å². The van der Waals surface area contributed by atoms with Gasteiger partial charge in [0.05, 0.1) is 22.6 Å². The van der Waals surface area contributed by atoms with Gasteiger partial charge >= 0.3 is 0 Å².